The van der Waals surface area contributed by atoms with Crippen molar-refractivity contribution in [2.45, 2.75) is 6.92 Å². The van der Waals surface area contributed by atoms with Gasteiger partial charge >= 0.3 is 0 Å². The fourth-order valence-corrected chi connectivity index (χ4v) is 4.07. The molecule has 0 unspecified atom stereocenters. The second-order valence-corrected chi connectivity index (χ2v) is 7.72. The minimum atomic E-state index is 0.613. The highest BCUT2D eigenvalue weighted by molar-refractivity contribution is 7.08. The van der Waals surface area contributed by atoms with Crippen LogP contribution in [0.4, 0.5) is 11.5 Å². The summed E-state index contributed by atoms with van der Waals surface area (Å²) in [6.07, 6.45) is 1.51. The molecule has 0 atom stereocenters. The van der Waals surface area contributed by atoms with E-state index in [0.717, 1.165) is 39.2 Å². The maximum Gasteiger partial charge on any atom is 0.186 e. The molecule has 0 fully saturated rings. The number of benzene rings is 2. The molecule has 7 heteroatoms. The lowest BCUT2D eigenvalue weighted by Crippen LogP contribution is -1.99. The smallest absolute Gasteiger partial charge is 0.186 e. The number of aromatic amines is 1. The van der Waals surface area contributed by atoms with E-state index in [0.29, 0.717) is 11.5 Å². The average Bonchev–Trinajstić information content (AvgIpc) is 3.44. The van der Waals surface area contributed by atoms with E-state index in [1.54, 1.807) is 18.4 Å². The van der Waals surface area contributed by atoms with Crippen molar-refractivity contribution in [1.82, 2.24) is 20.2 Å². The van der Waals surface area contributed by atoms with Crippen LogP contribution in [0.3, 0.4) is 0 Å². The summed E-state index contributed by atoms with van der Waals surface area (Å²) in [5.74, 6) is 1.41. The predicted octanol–water partition coefficient (Wildman–Crippen LogP) is 5.81. The number of anilines is 2. The zero-order chi connectivity index (χ0) is 20.5. The fraction of sp³-hybridized carbons (Fsp3) is 0.0870. The highest BCUT2D eigenvalue weighted by Gasteiger charge is 2.16. The Labute approximate surface area is 177 Å². The molecule has 0 amide bonds. The second kappa shape index (κ2) is 7.61. The molecule has 30 heavy (non-hydrogen) atoms. The first-order valence-electron chi connectivity index (χ1n) is 9.46. The van der Waals surface area contributed by atoms with Crippen molar-refractivity contribution in [1.29, 1.82) is 0 Å². The van der Waals surface area contributed by atoms with Crippen LogP contribution in [0.25, 0.3) is 33.4 Å². The van der Waals surface area contributed by atoms with Gasteiger partial charge in [0.25, 0.3) is 0 Å². The first kappa shape index (κ1) is 18.3. The van der Waals surface area contributed by atoms with Crippen molar-refractivity contribution in [3.8, 4) is 28.1 Å². The van der Waals surface area contributed by atoms with Crippen molar-refractivity contribution in [2.75, 3.05) is 12.4 Å². The van der Waals surface area contributed by atoms with Crippen molar-refractivity contribution in [3.63, 3.8) is 0 Å². The SMILES string of the molecule is COc1ccc(-c2ccc(C)cc2)cc1Nc1ncnc2n[nH]c(-c3ccsc3)c12. The molecule has 148 valence electrons. The molecule has 5 rings (SSSR count). The summed E-state index contributed by atoms with van der Waals surface area (Å²) >= 11 is 1.63. The molecule has 3 aromatic heterocycles. The van der Waals surface area contributed by atoms with Crippen molar-refractivity contribution < 1.29 is 4.74 Å². The Kier molecular flexibility index (Phi) is 4.65. The second-order valence-electron chi connectivity index (χ2n) is 6.94. The first-order valence-corrected chi connectivity index (χ1v) is 10.4. The summed E-state index contributed by atoms with van der Waals surface area (Å²) in [6, 6.07) is 16.6. The lowest BCUT2D eigenvalue weighted by molar-refractivity contribution is 0.417. The predicted molar refractivity (Wildman–Crippen MR) is 121 cm³/mol. The number of thiophene rings is 1. The molecular weight excluding hydrogens is 394 g/mol. The van der Waals surface area contributed by atoms with Gasteiger partial charge in [0.2, 0.25) is 0 Å². The number of aromatic nitrogens is 4. The Morgan fingerprint density at radius 2 is 1.80 bits per heavy atom. The third-order valence-electron chi connectivity index (χ3n) is 5.00. The minimum Gasteiger partial charge on any atom is -0.495 e. The zero-order valence-corrected chi connectivity index (χ0v) is 17.3. The number of nitrogens with one attached hydrogen (secondary N) is 2. The summed E-state index contributed by atoms with van der Waals surface area (Å²) in [7, 11) is 1.66. The van der Waals surface area contributed by atoms with E-state index in [9.17, 15) is 0 Å². The number of ether oxygens (including phenoxy) is 1. The normalized spacial score (nSPS) is 11.0. The Balaban J connectivity index is 1.60. The van der Waals surface area contributed by atoms with Crippen LogP contribution in [0, 0.1) is 6.92 Å². The monoisotopic (exact) mass is 413 g/mol. The van der Waals surface area contributed by atoms with Gasteiger partial charge in [0.1, 0.15) is 17.9 Å². The summed E-state index contributed by atoms with van der Waals surface area (Å²) in [5, 5.41) is 15.8. The lowest BCUT2D eigenvalue weighted by Gasteiger charge is -2.13. The highest BCUT2D eigenvalue weighted by Crippen LogP contribution is 2.36. The van der Waals surface area contributed by atoms with Gasteiger partial charge in [-0.1, -0.05) is 35.9 Å². The number of methoxy groups -OCH3 is 1. The van der Waals surface area contributed by atoms with Crippen molar-refractivity contribution >= 4 is 33.9 Å². The minimum absolute atomic E-state index is 0.613. The third kappa shape index (κ3) is 3.29. The zero-order valence-electron chi connectivity index (χ0n) is 16.5. The molecule has 0 aliphatic carbocycles. The van der Waals surface area contributed by atoms with Gasteiger partial charge in [-0.2, -0.15) is 16.4 Å². The van der Waals surface area contributed by atoms with Crippen LogP contribution in [0.2, 0.25) is 0 Å². The van der Waals surface area contributed by atoms with E-state index in [-0.39, 0.29) is 0 Å². The summed E-state index contributed by atoms with van der Waals surface area (Å²) in [5.41, 5.74) is 6.85. The average molecular weight is 414 g/mol. The highest BCUT2D eigenvalue weighted by atomic mass is 32.1. The van der Waals surface area contributed by atoms with Gasteiger partial charge in [-0.05, 0) is 41.6 Å². The van der Waals surface area contributed by atoms with Crippen LogP contribution in [0.5, 0.6) is 5.75 Å². The molecule has 0 saturated heterocycles. The Hall–Kier alpha value is -3.71. The van der Waals surface area contributed by atoms with Crippen LogP contribution >= 0.6 is 11.3 Å². The number of aryl methyl sites for hydroxylation is 1. The van der Waals surface area contributed by atoms with E-state index in [2.05, 4.69) is 74.2 Å². The van der Waals surface area contributed by atoms with Gasteiger partial charge in [0, 0.05) is 10.9 Å². The Morgan fingerprint density at radius 3 is 2.57 bits per heavy atom. The largest absolute Gasteiger partial charge is 0.495 e. The number of fused-ring (bicyclic) bond motifs is 1. The third-order valence-corrected chi connectivity index (χ3v) is 5.68. The standard InChI is InChI=1S/C23H19N5OS/c1-14-3-5-15(6-4-14)16-7-8-19(29-2)18(11-16)26-22-20-21(17-9-10-30-12-17)27-28-23(20)25-13-24-22/h3-13H,1-2H3,(H2,24,25,26,27,28). The van der Waals surface area contributed by atoms with Crippen LogP contribution in [0.1, 0.15) is 5.56 Å². The molecule has 0 aliphatic rings. The summed E-state index contributed by atoms with van der Waals surface area (Å²) < 4.78 is 5.60. The molecule has 0 bridgehead atoms. The Bertz CT molecular complexity index is 1310. The van der Waals surface area contributed by atoms with E-state index in [4.69, 9.17) is 4.74 Å². The molecule has 0 spiro atoms. The number of hydrogen-bond acceptors (Lipinski definition) is 6. The molecule has 0 saturated carbocycles. The van der Waals surface area contributed by atoms with Gasteiger partial charge in [-0.15, -0.1) is 0 Å². The number of rotatable bonds is 5. The van der Waals surface area contributed by atoms with Crippen LogP contribution in [0.15, 0.2) is 65.6 Å². The number of H-pyrrole nitrogens is 1. The summed E-state index contributed by atoms with van der Waals surface area (Å²) in [4.78, 5) is 8.81. The van der Waals surface area contributed by atoms with Crippen LogP contribution in [-0.4, -0.2) is 27.3 Å². The first-order chi connectivity index (χ1) is 14.7. The van der Waals surface area contributed by atoms with Crippen molar-refractivity contribution in [3.05, 3.63) is 71.2 Å². The van der Waals surface area contributed by atoms with Gasteiger partial charge < -0.3 is 10.1 Å². The van der Waals surface area contributed by atoms with E-state index >= 15 is 0 Å². The van der Waals surface area contributed by atoms with Crippen LogP contribution < -0.4 is 10.1 Å². The van der Waals surface area contributed by atoms with E-state index in [1.807, 2.05) is 17.5 Å². The number of hydrogen-bond donors (Lipinski definition) is 2. The summed E-state index contributed by atoms with van der Waals surface area (Å²) in [6.45, 7) is 2.08. The van der Waals surface area contributed by atoms with Gasteiger partial charge in [0.05, 0.1) is 23.9 Å². The number of nitrogens with zero attached hydrogens (tertiary/aromatic N) is 3. The van der Waals surface area contributed by atoms with Gasteiger partial charge in [-0.25, -0.2) is 9.97 Å². The molecule has 5 aromatic rings. The Morgan fingerprint density at radius 1 is 0.967 bits per heavy atom. The molecule has 6 nitrogen and oxygen atoms in total. The van der Waals surface area contributed by atoms with Crippen molar-refractivity contribution in [2.24, 2.45) is 0 Å². The quantitative estimate of drug-likeness (QED) is 0.380. The molecule has 0 aliphatic heterocycles. The van der Waals surface area contributed by atoms with Gasteiger partial charge in [0.15, 0.2) is 5.65 Å². The lowest BCUT2D eigenvalue weighted by atomic mass is 10.0. The molecule has 0 radical (unpaired) electrons. The van der Waals surface area contributed by atoms with Crippen LogP contribution in [-0.2, 0) is 0 Å². The fourth-order valence-electron chi connectivity index (χ4n) is 3.43. The molecular formula is C23H19N5OS. The maximum absolute atomic E-state index is 5.60. The molecule has 2 N–H and O–H groups in total. The molecule has 2 aromatic carbocycles. The van der Waals surface area contributed by atoms with E-state index < -0.39 is 0 Å². The maximum atomic E-state index is 5.60. The van der Waals surface area contributed by atoms with Gasteiger partial charge in [-0.3, -0.25) is 5.10 Å². The molecule has 3 heterocycles. The topological polar surface area (TPSA) is 75.7 Å². The van der Waals surface area contributed by atoms with E-state index in [1.165, 1.54) is 11.9 Å².